The molecule has 2 rings (SSSR count). The van der Waals surface area contributed by atoms with E-state index in [0.717, 1.165) is 6.42 Å². The fourth-order valence-electron chi connectivity index (χ4n) is 2.70. The number of benzene rings is 2. The molecular formula is C19H24N2O3. The molecule has 2 aromatic rings. The monoisotopic (exact) mass is 328 g/mol. The Balaban J connectivity index is 2.01. The smallest absolute Gasteiger partial charge is 0.320 e. The molecule has 2 N–H and O–H groups in total. The van der Waals surface area contributed by atoms with Crippen LogP contribution in [0.4, 0.5) is 0 Å². The maximum absolute atomic E-state index is 11.3. The molecule has 0 saturated heterocycles. The van der Waals surface area contributed by atoms with Crippen LogP contribution in [0.25, 0.3) is 10.8 Å². The minimum absolute atomic E-state index is 0.104. The van der Waals surface area contributed by atoms with Gasteiger partial charge in [-0.15, -0.1) is 0 Å². The first-order valence-electron chi connectivity index (χ1n) is 8.16. The highest BCUT2D eigenvalue weighted by molar-refractivity contribution is 5.83. The van der Waals surface area contributed by atoms with E-state index in [-0.39, 0.29) is 5.91 Å². The standard InChI is InChI=1S/C19H24N2O3/c1-14(19(23)24)21(12-10-20-15(2)22)11-9-16-7-8-17-5-3-4-6-18(17)13-16/h3-8,13-14H,9-12H2,1-2H3,(H,20,22)(H,23,24). The van der Waals surface area contributed by atoms with E-state index in [0.29, 0.717) is 19.6 Å². The molecule has 0 bridgehead atoms. The Kier molecular flexibility index (Phi) is 6.32. The minimum atomic E-state index is -0.851. The van der Waals surface area contributed by atoms with E-state index in [1.165, 1.54) is 23.3 Å². The third-order valence-electron chi connectivity index (χ3n) is 4.18. The first-order valence-corrected chi connectivity index (χ1v) is 8.16. The lowest BCUT2D eigenvalue weighted by Crippen LogP contribution is -2.44. The van der Waals surface area contributed by atoms with Gasteiger partial charge in [0.05, 0.1) is 0 Å². The van der Waals surface area contributed by atoms with Gasteiger partial charge >= 0.3 is 5.97 Å². The normalized spacial score (nSPS) is 12.3. The van der Waals surface area contributed by atoms with Gasteiger partial charge < -0.3 is 10.4 Å². The zero-order valence-electron chi connectivity index (χ0n) is 14.2. The Bertz CT molecular complexity index is 715. The molecule has 0 radical (unpaired) electrons. The van der Waals surface area contributed by atoms with E-state index in [2.05, 4.69) is 35.6 Å². The topological polar surface area (TPSA) is 69.6 Å². The van der Waals surface area contributed by atoms with Gasteiger partial charge in [-0.3, -0.25) is 14.5 Å². The van der Waals surface area contributed by atoms with Gasteiger partial charge in [0.15, 0.2) is 0 Å². The number of carbonyl (C=O) groups excluding carboxylic acids is 1. The van der Waals surface area contributed by atoms with E-state index >= 15 is 0 Å². The first-order chi connectivity index (χ1) is 11.5. The molecule has 0 aliphatic heterocycles. The summed E-state index contributed by atoms with van der Waals surface area (Å²) in [4.78, 5) is 24.2. The van der Waals surface area contributed by atoms with Gasteiger partial charge in [0, 0.05) is 26.6 Å². The molecule has 0 aromatic heterocycles. The molecule has 0 fully saturated rings. The van der Waals surface area contributed by atoms with E-state index in [1.54, 1.807) is 6.92 Å². The molecule has 5 nitrogen and oxygen atoms in total. The predicted octanol–water partition coefficient (Wildman–Crippen LogP) is 2.29. The third kappa shape index (κ3) is 5.06. The van der Waals surface area contributed by atoms with Gasteiger partial charge in [0.2, 0.25) is 5.91 Å². The average molecular weight is 328 g/mol. The van der Waals surface area contributed by atoms with Crippen molar-refractivity contribution >= 4 is 22.6 Å². The van der Waals surface area contributed by atoms with E-state index in [1.807, 2.05) is 17.0 Å². The van der Waals surface area contributed by atoms with Crippen molar-refractivity contribution in [3.8, 4) is 0 Å². The summed E-state index contributed by atoms with van der Waals surface area (Å²) < 4.78 is 0. The Morgan fingerprint density at radius 2 is 1.83 bits per heavy atom. The fourth-order valence-corrected chi connectivity index (χ4v) is 2.70. The predicted molar refractivity (Wildman–Crippen MR) is 95.0 cm³/mol. The van der Waals surface area contributed by atoms with Crippen LogP contribution in [0.5, 0.6) is 0 Å². The summed E-state index contributed by atoms with van der Waals surface area (Å²) in [6.07, 6.45) is 0.766. The number of amides is 1. The van der Waals surface area contributed by atoms with Crippen molar-refractivity contribution in [3.05, 3.63) is 48.0 Å². The van der Waals surface area contributed by atoms with E-state index in [9.17, 15) is 14.7 Å². The molecule has 0 aliphatic rings. The Morgan fingerprint density at radius 1 is 1.12 bits per heavy atom. The van der Waals surface area contributed by atoms with Crippen LogP contribution in [0.15, 0.2) is 42.5 Å². The number of nitrogens with one attached hydrogen (secondary N) is 1. The summed E-state index contributed by atoms with van der Waals surface area (Å²) >= 11 is 0. The van der Waals surface area contributed by atoms with Crippen LogP contribution in [-0.4, -0.2) is 47.6 Å². The number of hydrogen-bond donors (Lipinski definition) is 2. The third-order valence-corrected chi connectivity index (χ3v) is 4.18. The summed E-state index contributed by atoms with van der Waals surface area (Å²) in [5, 5.41) is 14.4. The number of carboxylic acids is 1. The lowest BCUT2D eigenvalue weighted by atomic mass is 10.0. The molecule has 1 atom stereocenters. The zero-order chi connectivity index (χ0) is 17.5. The number of carbonyl (C=O) groups is 2. The number of rotatable bonds is 8. The van der Waals surface area contributed by atoms with Crippen LogP contribution >= 0.6 is 0 Å². The molecular weight excluding hydrogens is 304 g/mol. The second-order valence-electron chi connectivity index (χ2n) is 5.96. The quantitative estimate of drug-likeness (QED) is 0.780. The van der Waals surface area contributed by atoms with Gasteiger partial charge in [-0.1, -0.05) is 42.5 Å². The van der Waals surface area contributed by atoms with Crippen molar-refractivity contribution in [2.45, 2.75) is 26.3 Å². The van der Waals surface area contributed by atoms with Gasteiger partial charge in [-0.05, 0) is 29.7 Å². The number of aliphatic carboxylic acids is 1. The molecule has 128 valence electrons. The van der Waals surface area contributed by atoms with Crippen LogP contribution in [-0.2, 0) is 16.0 Å². The molecule has 0 spiro atoms. The number of nitrogens with zero attached hydrogens (tertiary/aromatic N) is 1. The van der Waals surface area contributed by atoms with Crippen LogP contribution in [0, 0.1) is 0 Å². The van der Waals surface area contributed by atoms with Crippen molar-refractivity contribution in [3.63, 3.8) is 0 Å². The Hall–Kier alpha value is -2.40. The number of hydrogen-bond acceptors (Lipinski definition) is 3. The lowest BCUT2D eigenvalue weighted by molar-refractivity contribution is -0.142. The van der Waals surface area contributed by atoms with Gasteiger partial charge in [-0.2, -0.15) is 0 Å². The molecule has 0 heterocycles. The summed E-state index contributed by atoms with van der Waals surface area (Å²) in [5.74, 6) is -0.955. The van der Waals surface area contributed by atoms with E-state index < -0.39 is 12.0 Å². The Morgan fingerprint density at radius 3 is 2.50 bits per heavy atom. The molecule has 1 amide bonds. The van der Waals surface area contributed by atoms with Crippen molar-refractivity contribution in [2.75, 3.05) is 19.6 Å². The summed E-state index contributed by atoms with van der Waals surface area (Å²) in [5.41, 5.74) is 1.18. The van der Waals surface area contributed by atoms with Gasteiger partial charge in [0.1, 0.15) is 6.04 Å². The van der Waals surface area contributed by atoms with Gasteiger partial charge in [0.25, 0.3) is 0 Å². The lowest BCUT2D eigenvalue weighted by Gasteiger charge is -2.26. The van der Waals surface area contributed by atoms with Crippen LogP contribution in [0.2, 0.25) is 0 Å². The maximum Gasteiger partial charge on any atom is 0.320 e. The Labute approximate surface area is 142 Å². The highest BCUT2D eigenvalue weighted by Crippen LogP contribution is 2.16. The fraction of sp³-hybridized carbons (Fsp3) is 0.368. The molecule has 0 aliphatic carbocycles. The summed E-state index contributed by atoms with van der Waals surface area (Å²) in [6, 6.07) is 13.9. The van der Waals surface area contributed by atoms with Crippen LogP contribution in [0.1, 0.15) is 19.4 Å². The van der Waals surface area contributed by atoms with Crippen molar-refractivity contribution in [2.24, 2.45) is 0 Å². The highest BCUT2D eigenvalue weighted by Gasteiger charge is 2.20. The minimum Gasteiger partial charge on any atom is -0.480 e. The average Bonchev–Trinajstić information content (AvgIpc) is 2.56. The zero-order valence-corrected chi connectivity index (χ0v) is 14.2. The molecule has 1 unspecified atom stereocenters. The molecule has 2 aromatic carbocycles. The summed E-state index contributed by atoms with van der Waals surface area (Å²) in [7, 11) is 0. The summed E-state index contributed by atoms with van der Waals surface area (Å²) in [6.45, 7) is 4.73. The highest BCUT2D eigenvalue weighted by atomic mass is 16.4. The van der Waals surface area contributed by atoms with Crippen molar-refractivity contribution in [1.29, 1.82) is 0 Å². The van der Waals surface area contributed by atoms with E-state index in [4.69, 9.17) is 0 Å². The SMILES string of the molecule is CC(=O)NCCN(CCc1ccc2ccccc2c1)C(C)C(=O)O. The van der Waals surface area contributed by atoms with Crippen LogP contribution in [0.3, 0.4) is 0 Å². The largest absolute Gasteiger partial charge is 0.480 e. The number of fused-ring (bicyclic) bond motifs is 1. The van der Waals surface area contributed by atoms with Crippen LogP contribution < -0.4 is 5.32 Å². The molecule has 5 heteroatoms. The number of carboxylic acid groups (broad SMARTS) is 1. The van der Waals surface area contributed by atoms with Crippen molar-refractivity contribution < 1.29 is 14.7 Å². The maximum atomic E-state index is 11.3. The van der Waals surface area contributed by atoms with Crippen molar-refractivity contribution in [1.82, 2.24) is 10.2 Å². The van der Waals surface area contributed by atoms with Gasteiger partial charge in [-0.25, -0.2) is 0 Å². The first kappa shape index (κ1) is 17.9. The second-order valence-corrected chi connectivity index (χ2v) is 5.96. The second kappa shape index (κ2) is 8.45. The molecule has 0 saturated carbocycles. The molecule has 24 heavy (non-hydrogen) atoms.